The highest BCUT2D eigenvalue weighted by Crippen LogP contribution is 2.31. The van der Waals surface area contributed by atoms with Gasteiger partial charge in [-0.15, -0.1) is 12.4 Å². The van der Waals surface area contributed by atoms with E-state index >= 15 is 0 Å². The van der Waals surface area contributed by atoms with Crippen molar-refractivity contribution in [3.8, 4) is 0 Å². The minimum atomic E-state index is -4.48. The van der Waals surface area contributed by atoms with Crippen LogP contribution < -0.4 is 4.90 Å². The fourth-order valence-corrected chi connectivity index (χ4v) is 1.80. The lowest BCUT2D eigenvalue weighted by Crippen LogP contribution is -2.43. The first-order valence-corrected chi connectivity index (χ1v) is 6.72. The highest BCUT2D eigenvalue weighted by Gasteiger charge is 2.32. The summed E-state index contributed by atoms with van der Waals surface area (Å²) < 4.78 is 38.8. The normalized spacial score (nSPS) is 11.2. The fraction of sp³-hybridized carbons (Fsp3) is 0.571. The van der Waals surface area contributed by atoms with Crippen LogP contribution >= 0.6 is 12.4 Å². The fourth-order valence-electron chi connectivity index (χ4n) is 1.80. The Bertz CT molecular complexity index is 535. The van der Waals surface area contributed by atoms with E-state index in [1.54, 1.807) is 14.1 Å². The lowest BCUT2D eigenvalue weighted by molar-refractivity contribution is -0.137. The second-order valence-electron chi connectivity index (χ2n) is 5.49. The maximum absolute atomic E-state index is 12.9. The Hall–Kier alpha value is -1.54. The number of halogens is 4. The predicted molar refractivity (Wildman–Crippen MR) is 86.2 cm³/mol. The summed E-state index contributed by atoms with van der Waals surface area (Å²) in [7, 11) is 6.74. The number of urea groups is 1. The molecule has 0 aliphatic heterocycles. The Morgan fingerprint density at radius 3 is 2.13 bits per heavy atom. The van der Waals surface area contributed by atoms with Gasteiger partial charge in [-0.25, -0.2) is 9.78 Å². The molecule has 23 heavy (non-hydrogen) atoms. The zero-order valence-electron chi connectivity index (χ0n) is 13.8. The third-order valence-electron chi connectivity index (χ3n) is 2.93. The molecular formula is C14H22ClF3N4O. The molecule has 0 atom stereocenters. The van der Waals surface area contributed by atoms with Gasteiger partial charge in [0.15, 0.2) is 0 Å². The van der Waals surface area contributed by atoms with E-state index in [2.05, 4.69) is 4.98 Å². The van der Waals surface area contributed by atoms with Crippen LogP contribution in [0.2, 0.25) is 0 Å². The molecule has 2 amide bonds. The average Bonchev–Trinajstić information content (AvgIpc) is 2.36. The molecule has 0 aliphatic carbocycles. The maximum atomic E-state index is 12.9. The Morgan fingerprint density at radius 2 is 1.70 bits per heavy atom. The van der Waals surface area contributed by atoms with Gasteiger partial charge in [0, 0.05) is 32.9 Å². The molecule has 0 saturated heterocycles. The third-order valence-corrected chi connectivity index (χ3v) is 2.93. The number of carbonyl (C=O) groups is 1. The van der Waals surface area contributed by atoms with E-state index in [-0.39, 0.29) is 30.5 Å². The van der Waals surface area contributed by atoms with Crippen LogP contribution in [-0.2, 0) is 6.18 Å². The SMILES string of the molecule is Cc1cc(C(F)(F)F)cc(N(CCN(C)C)C(=O)N(C)C)n1.Cl. The molecule has 0 bridgehead atoms. The average molecular weight is 355 g/mol. The van der Waals surface area contributed by atoms with E-state index in [0.29, 0.717) is 6.54 Å². The van der Waals surface area contributed by atoms with E-state index in [1.165, 1.54) is 16.7 Å². The Balaban J connectivity index is 0.00000484. The summed E-state index contributed by atoms with van der Waals surface area (Å²) in [6, 6.07) is 1.46. The molecule has 0 spiro atoms. The van der Waals surface area contributed by atoms with Crippen LogP contribution in [-0.4, -0.2) is 62.1 Å². The number of pyridine rings is 1. The molecule has 1 heterocycles. The summed E-state index contributed by atoms with van der Waals surface area (Å²) in [5, 5.41) is 0. The van der Waals surface area contributed by atoms with Gasteiger partial charge >= 0.3 is 12.2 Å². The van der Waals surface area contributed by atoms with Crippen molar-refractivity contribution in [2.45, 2.75) is 13.1 Å². The summed E-state index contributed by atoms with van der Waals surface area (Å²) in [6.45, 7) is 2.23. The lowest BCUT2D eigenvalue weighted by atomic mass is 10.2. The van der Waals surface area contributed by atoms with Crippen molar-refractivity contribution in [2.75, 3.05) is 46.2 Å². The maximum Gasteiger partial charge on any atom is 0.416 e. The second-order valence-corrected chi connectivity index (χ2v) is 5.49. The van der Waals surface area contributed by atoms with Crippen molar-refractivity contribution < 1.29 is 18.0 Å². The molecule has 0 N–H and O–H groups in total. The second kappa shape index (κ2) is 8.35. The van der Waals surface area contributed by atoms with Crippen molar-refractivity contribution in [3.63, 3.8) is 0 Å². The molecule has 0 aromatic carbocycles. The number of alkyl halides is 3. The molecule has 1 aromatic rings. The first-order valence-electron chi connectivity index (χ1n) is 6.72. The van der Waals surface area contributed by atoms with E-state index in [4.69, 9.17) is 0 Å². The smallest absolute Gasteiger partial charge is 0.330 e. The zero-order valence-corrected chi connectivity index (χ0v) is 14.6. The van der Waals surface area contributed by atoms with Gasteiger partial charge in [-0.3, -0.25) is 4.90 Å². The largest absolute Gasteiger partial charge is 0.416 e. The van der Waals surface area contributed by atoms with Crippen LogP contribution in [0.3, 0.4) is 0 Å². The van der Waals surface area contributed by atoms with Crippen LogP contribution in [0.25, 0.3) is 0 Å². The number of likely N-dealkylation sites (N-methyl/N-ethyl adjacent to an activating group) is 1. The van der Waals surface area contributed by atoms with Crippen LogP contribution in [0, 0.1) is 6.92 Å². The molecule has 0 unspecified atom stereocenters. The number of amides is 2. The van der Waals surface area contributed by atoms with Crippen molar-refractivity contribution >= 4 is 24.3 Å². The Kier molecular flexibility index (Phi) is 7.79. The van der Waals surface area contributed by atoms with Gasteiger partial charge in [-0.1, -0.05) is 0 Å². The van der Waals surface area contributed by atoms with Crippen molar-refractivity contribution in [1.82, 2.24) is 14.8 Å². The van der Waals surface area contributed by atoms with E-state index in [0.717, 1.165) is 12.1 Å². The number of hydrogen-bond donors (Lipinski definition) is 0. The summed E-state index contributed by atoms with van der Waals surface area (Å²) in [5.74, 6) is 0.00729. The summed E-state index contributed by atoms with van der Waals surface area (Å²) in [6.07, 6.45) is -4.48. The van der Waals surface area contributed by atoms with Gasteiger partial charge < -0.3 is 9.80 Å². The van der Waals surface area contributed by atoms with Crippen LogP contribution in [0.1, 0.15) is 11.3 Å². The molecule has 0 saturated carbocycles. The van der Waals surface area contributed by atoms with Crippen LogP contribution in [0.5, 0.6) is 0 Å². The topological polar surface area (TPSA) is 39.7 Å². The van der Waals surface area contributed by atoms with Gasteiger partial charge in [0.2, 0.25) is 0 Å². The molecule has 1 aromatic heterocycles. The van der Waals surface area contributed by atoms with Gasteiger partial charge in [0.25, 0.3) is 0 Å². The highest BCUT2D eigenvalue weighted by molar-refractivity contribution is 5.90. The minimum Gasteiger partial charge on any atom is -0.330 e. The molecule has 0 radical (unpaired) electrons. The lowest BCUT2D eigenvalue weighted by Gasteiger charge is -2.27. The summed E-state index contributed by atoms with van der Waals surface area (Å²) in [4.78, 5) is 20.7. The number of anilines is 1. The molecule has 132 valence electrons. The number of aromatic nitrogens is 1. The number of rotatable bonds is 4. The van der Waals surface area contributed by atoms with Crippen molar-refractivity contribution in [3.05, 3.63) is 23.4 Å². The standard InChI is InChI=1S/C14H21F3N4O.ClH/c1-10-8-11(14(15,16)17)9-12(18-10)21(7-6-19(2)3)13(22)20(4)5;/h8-9H,6-7H2,1-5H3;1H. The van der Waals surface area contributed by atoms with Crippen molar-refractivity contribution in [1.29, 1.82) is 0 Å². The Morgan fingerprint density at radius 1 is 1.13 bits per heavy atom. The van der Waals surface area contributed by atoms with Gasteiger partial charge in [0.1, 0.15) is 5.82 Å². The van der Waals surface area contributed by atoms with Crippen molar-refractivity contribution in [2.24, 2.45) is 0 Å². The summed E-state index contributed by atoms with van der Waals surface area (Å²) >= 11 is 0. The van der Waals surface area contributed by atoms with Crippen LogP contribution in [0.15, 0.2) is 12.1 Å². The van der Waals surface area contributed by atoms with E-state index < -0.39 is 17.8 Å². The van der Waals surface area contributed by atoms with Gasteiger partial charge in [-0.05, 0) is 33.2 Å². The first kappa shape index (κ1) is 21.5. The third kappa shape index (κ3) is 6.23. The molecule has 0 aliphatic rings. The van der Waals surface area contributed by atoms with Crippen LogP contribution in [0.4, 0.5) is 23.8 Å². The molecular weight excluding hydrogens is 333 g/mol. The van der Waals surface area contributed by atoms with E-state index in [9.17, 15) is 18.0 Å². The quantitative estimate of drug-likeness (QED) is 0.834. The molecule has 5 nitrogen and oxygen atoms in total. The highest BCUT2D eigenvalue weighted by atomic mass is 35.5. The number of aryl methyl sites for hydroxylation is 1. The molecule has 0 fully saturated rings. The summed E-state index contributed by atoms with van der Waals surface area (Å²) in [5.41, 5.74) is -0.595. The van der Waals surface area contributed by atoms with Gasteiger partial charge in [0.05, 0.1) is 5.56 Å². The molecule has 9 heteroatoms. The number of hydrogen-bond acceptors (Lipinski definition) is 3. The van der Waals surface area contributed by atoms with Gasteiger partial charge in [-0.2, -0.15) is 13.2 Å². The monoisotopic (exact) mass is 354 g/mol. The number of nitrogens with zero attached hydrogens (tertiary/aromatic N) is 4. The first-order chi connectivity index (χ1) is 10.0. The molecule has 1 rings (SSSR count). The number of carbonyl (C=O) groups excluding carboxylic acids is 1. The predicted octanol–water partition coefficient (Wildman–Crippen LogP) is 2.88. The zero-order chi connectivity index (χ0) is 17.1. The Labute approximate surface area is 140 Å². The van der Waals surface area contributed by atoms with E-state index in [1.807, 2.05) is 19.0 Å². The minimum absolute atomic E-state index is 0.